The van der Waals surface area contributed by atoms with Gasteiger partial charge in [0.05, 0.1) is 0 Å². The summed E-state index contributed by atoms with van der Waals surface area (Å²) in [5.41, 5.74) is 10.1. The van der Waals surface area contributed by atoms with Gasteiger partial charge in [-0.25, -0.2) is 4.98 Å². The molecule has 0 spiro atoms. The molecule has 258 valence electrons. The fourth-order valence-corrected chi connectivity index (χ4v) is 7.71. The summed E-state index contributed by atoms with van der Waals surface area (Å²) in [5, 5.41) is 2.33. The summed E-state index contributed by atoms with van der Waals surface area (Å²) in [5.74, 6) is 0.896. The molecule has 1 aliphatic rings. The molecule has 52 heavy (non-hydrogen) atoms. The van der Waals surface area contributed by atoms with Crippen molar-refractivity contribution in [1.29, 1.82) is 0 Å². The molecule has 9 rings (SSSR count). The zero-order valence-electron chi connectivity index (χ0n) is 29.0. The van der Waals surface area contributed by atoms with Gasteiger partial charge < -0.3 is 14.4 Å². The van der Waals surface area contributed by atoms with Gasteiger partial charge in [0.1, 0.15) is 5.82 Å². The first-order valence-electron chi connectivity index (χ1n) is 17.2. The van der Waals surface area contributed by atoms with Gasteiger partial charge in [-0.1, -0.05) is 99.1 Å². The second kappa shape index (κ2) is 13.8. The van der Waals surface area contributed by atoms with Gasteiger partial charge in [0, 0.05) is 49.8 Å². The molecule has 0 saturated carbocycles. The number of aromatic nitrogens is 2. The SMILES string of the molecule is CC(C)(C)c1ccnc(-n2c3[c-]c(Sc4[c-]c(N5[CH-]N(c6ccccc6)c6ccccc65)ccc4)ccc3c3cc(-c4ccccc4)ccc32)c1.[Pt]. The molecule has 3 heterocycles. The quantitative estimate of drug-likeness (QED) is 0.155. The van der Waals surface area contributed by atoms with Gasteiger partial charge in [-0.05, 0) is 70.0 Å². The standard InChI is InChI=1S/C46H35N4S.Pt/c1-46(2,3)34-25-26-47-45(28-34)50-41-24-21-33(32-13-6-4-7-14-32)27-40(41)39-23-22-38(30-44(39)50)51-37-18-12-17-36(29-37)49-31-48(35-15-8-5-9-16-35)42-19-10-11-20-43(42)49;/h4-28,31H,1-3H3;/q-3;. The summed E-state index contributed by atoms with van der Waals surface area (Å²) in [6.45, 7) is 8.88. The van der Waals surface area contributed by atoms with E-state index < -0.39 is 0 Å². The number of para-hydroxylation sites is 3. The van der Waals surface area contributed by atoms with Gasteiger partial charge in [0.25, 0.3) is 0 Å². The fourth-order valence-electron chi connectivity index (χ4n) is 6.89. The van der Waals surface area contributed by atoms with Crippen molar-refractivity contribution in [3.8, 4) is 16.9 Å². The van der Waals surface area contributed by atoms with E-state index in [1.165, 1.54) is 22.1 Å². The molecule has 0 fully saturated rings. The van der Waals surface area contributed by atoms with Crippen LogP contribution in [0.1, 0.15) is 26.3 Å². The van der Waals surface area contributed by atoms with Crippen molar-refractivity contribution < 1.29 is 21.1 Å². The third-order valence-electron chi connectivity index (χ3n) is 9.50. The Morgan fingerprint density at radius 1 is 0.615 bits per heavy atom. The zero-order chi connectivity index (χ0) is 34.5. The van der Waals surface area contributed by atoms with Crippen LogP contribution in [0.2, 0.25) is 0 Å². The summed E-state index contributed by atoms with van der Waals surface area (Å²) in [7, 11) is 0. The number of hydrogen-bond acceptors (Lipinski definition) is 4. The van der Waals surface area contributed by atoms with Crippen LogP contribution in [-0.4, -0.2) is 9.55 Å². The van der Waals surface area contributed by atoms with E-state index in [1.54, 1.807) is 11.8 Å². The molecule has 6 aromatic carbocycles. The van der Waals surface area contributed by atoms with Gasteiger partial charge in [0.15, 0.2) is 0 Å². The second-order valence-electron chi connectivity index (χ2n) is 13.9. The van der Waals surface area contributed by atoms with E-state index in [4.69, 9.17) is 4.98 Å². The molecule has 0 bridgehead atoms. The summed E-state index contributed by atoms with van der Waals surface area (Å²) in [6, 6.07) is 58.9. The minimum atomic E-state index is -0.00603. The maximum Gasteiger partial charge on any atom is 0.135 e. The molecular formula is C46H35N4PtS-3. The molecule has 0 amide bonds. The molecular weight excluding hydrogens is 836 g/mol. The fraction of sp³-hybridized carbons (Fsp3) is 0.0870. The average Bonchev–Trinajstić information content (AvgIpc) is 3.71. The van der Waals surface area contributed by atoms with E-state index in [2.05, 4.69) is 193 Å². The number of benzene rings is 6. The van der Waals surface area contributed by atoms with Crippen molar-refractivity contribution in [2.24, 2.45) is 0 Å². The van der Waals surface area contributed by atoms with E-state index in [0.717, 1.165) is 54.8 Å². The molecule has 8 aromatic rings. The summed E-state index contributed by atoms with van der Waals surface area (Å²) in [4.78, 5) is 11.4. The van der Waals surface area contributed by atoms with Crippen molar-refractivity contribution in [2.75, 3.05) is 9.80 Å². The number of pyridine rings is 1. The molecule has 4 nitrogen and oxygen atoms in total. The van der Waals surface area contributed by atoms with Gasteiger partial charge in [-0.2, -0.15) is 24.3 Å². The maximum atomic E-state index is 4.91. The molecule has 0 saturated heterocycles. The largest absolute Gasteiger partial charge is 0.493 e. The predicted molar refractivity (Wildman–Crippen MR) is 212 cm³/mol. The van der Waals surface area contributed by atoms with E-state index >= 15 is 0 Å². The van der Waals surface area contributed by atoms with Crippen molar-refractivity contribution in [3.63, 3.8) is 0 Å². The minimum Gasteiger partial charge on any atom is -0.493 e. The Labute approximate surface area is 324 Å². The number of fused-ring (bicyclic) bond motifs is 4. The van der Waals surface area contributed by atoms with Crippen LogP contribution in [0.3, 0.4) is 0 Å². The summed E-state index contributed by atoms with van der Waals surface area (Å²) >= 11 is 1.68. The van der Waals surface area contributed by atoms with Gasteiger partial charge in [-0.3, -0.25) is 0 Å². The molecule has 0 atom stereocenters. The van der Waals surface area contributed by atoms with Crippen molar-refractivity contribution >= 4 is 56.3 Å². The maximum absolute atomic E-state index is 4.91. The predicted octanol–water partition coefficient (Wildman–Crippen LogP) is 12.3. The van der Waals surface area contributed by atoms with Gasteiger partial charge in [-0.15, -0.1) is 57.5 Å². The molecule has 0 unspecified atom stereocenters. The average molecular weight is 871 g/mol. The van der Waals surface area contributed by atoms with Crippen LogP contribution in [0, 0.1) is 18.8 Å². The second-order valence-corrected chi connectivity index (χ2v) is 14.9. The van der Waals surface area contributed by atoms with E-state index in [9.17, 15) is 0 Å². The van der Waals surface area contributed by atoms with Crippen LogP contribution in [0.4, 0.5) is 22.7 Å². The summed E-state index contributed by atoms with van der Waals surface area (Å²) in [6.07, 6.45) is 1.93. The molecule has 2 aromatic heterocycles. The third-order valence-corrected chi connectivity index (χ3v) is 10.4. The number of hydrogen-bond donors (Lipinski definition) is 0. The normalized spacial score (nSPS) is 12.7. The monoisotopic (exact) mass is 870 g/mol. The molecule has 0 N–H and O–H groups in total. The topological polar surface area (TPSA) is 24.3 Å². The van der Waals surface area contributed by atoms with Crippen LogP contribution in [0.15, 0.2) is 162 Å². The number of nitrogens with zero attached hydrogens (tertiary/aromatic N) is 4. The smallest absolute Gasteiger partial charge is 0.135 e. The van der Waals surface area contributed by atoms with Crippen molar-refractivity contribution in [1.82, 2.24) is 9.55 Å². The van der Waals surface area contributed by atoms with Crippen LogP contribution < -0.4 is 9.80 Å². The van der Waals surface area contributed by atoms with Crippen molar-refractivity contribution in [3.05, 3.63) is 176 Å². The minimum absolute atomic E-state index is 0. The Balaban J connectivity index is 0.00000387. The van der Waals surface area contributed by atoms with Crippen LogP contribution in [0.5, 0.6) is 0 Å². The Morgan fingerprint density at radius 2 is 1.33 bits per heavy atom. The molecule has 1 aliphatic heterocycles. The zero-order valence-corrected chi connectivity index (χ0v) is 32.1. The van der Waals surface area contributed by atoms with Gasteiger partial charge >= 0.3 is 0 Å². The van der Waals surface area contributed by atoms with Crippen LogP contribution >= 0.6 is 11.8 Å². The Hall–Kier alpha value is -5.09. The molecule has 6 heteroatoms. The number of anilines is 4. The first-order valence-corrected chi connectivity index (χ1v) is 18.0. The molecule has 0 aliphatic carbocycles. The summed E-state index contributed by atoms with van der Waals surface area (Å²) < 4.78 is 2.27. The first-order chi connectivity index (χ1) is 24.9. The van der Waals surface area contributed by atoms with Crippen LogP contribution in [0.25, 0.3) is 38.8 Å². The van der Waals surface area contributed by atoms with Crippen molar-refractivity contribution in [2.45, 2.75) is 36.0 Å². The third kappa shape index (κ3) is 6.23. The first kappa shape index (κ1) is 34.0. The van der Waals surface area contributed by atoms with E-state index in [0.29, 0.717) is 0 Å². The Bertz CT molecular complexity index is 2540. The number of rotatable bonds is 6. The molecule has 0 radical (unpaired) electrons. The Morgan fingerprint density at radius 3 is 2.10 bits per heavy atom. The van der Waals surface area contributed by atoms with Crippen LogP contribution in [-0.2, 0) is 26.5 Å². The Kier molecular flexibility index (Phi) is 9.03. The van der Waals surface area contributed by atoms with E-state index in [1.807, 2.05) is 12.3 Å². The van der Waals surface area contributed by atoms with E-state index in [-0.39, 0.29) is 26.5 Å². The van der Waals surface area contributed by atoms with Gasteiger partial charge in [0.2, 0.25) is 0 Å².